The third kappa shape index (κ3) is 5.31. The number of hydrogen-bond donors (Lipinski definition) is 2. The van der Waals surface area contributed by atoms with Crippen LogP contribution in [0.1, 0.15) is 88.7 Å². The number of ether oxygens (including phenoxy) is 1. The number of nitrogens with zero attached hydrogens (tertiary/aromatic N) is 5. The Morgan fingerprint density at radius 2 is 1.96 bits per heavy atom. The van der Waals surface area contributed by atoms with E-state index in [1.165, 1.54) is 12.1 Å². The molecule has 2 N–H and O–H groups in total. The number of piperazine rings is 1. The highest BCUT2D eigenvalue weighted by atomic mass is 19.1. The minimum absolute atomic E-state index is 0.0400. The van der Waals surface area contributed by atoms with Crippen molar-refractivity contribution in [2.45, 2.75) is 96.3 Å². The van der Waals surface area contributed by atoms with Crippen LogP contribution in [0.25, 0.3) is 27.7 Å². The number of fused-ring (bicyclic) bond motifs is 6. The SMILES string of the molecule is C/C=C1\C(=NC(C)C)C(c2[nH]c(=O)cc3ccc(F)c(CC)c23)=C(F)c2nc(OCC34CCCN3CCC4)nc(N3CC4CCC3CN4)c21. The lowest BCUT2D eigenvalue weighted by molar-refractivity contribution is 0.107. The Morgan fingerprint density at radius 3 is 2.61 bits per heavy atom. The number of piperidine rings is 2. The van der Waals surface area contributed by atoms with Crippen LogP contribution in [-0.2, 0) is 6.42 Å². The van der Waals surface area contributed by atoms with E-state index in [2.05, 4.69) is 20.1 Å². The van der Waals surface area contributed by atoms with Crippen LogP contribution in [0.15, 0.2) is 34.1 Å². The molecule has 0 amide bonds. The highest BCUT2D eigenvalue weighted by Crippen LogP contribution is 2.47. The van der Waals surface area contributed by atoms with E-state index in [0.717, 1.165) is 64.7 Å². The molecule has 9 rings (SSSR count). The van der Waals surface area contributed by atoms with Gasteiger partial charge in [0.2, 0.25) is 5.56 Å². The van der Waals surface area contributed by atoms with Crippen molar-refractivity contribution in [2.24, 2.45) is 4.99 Å². The van der Waals surface area contributed by atoms with Gasteiger partial charge in [0.1, 0.15) is 23.9 Å². The van der Waals surface area contributed by atoms with Crippen molar-refractivity contribution in [1.29, 1.82) is 0 Å². The number of pyridine rings is 1. The highest BCUT2D eigenvalue weighted by molar-refractivity contribution is 6.51. The molecule has 3 aromatic rings. The minimum atomic E-state index is -0.634. The summed E-state index contributed by atoms with van der Waals surface area (Å²) in [5.74, 6) is -0.394. The fraction of sp³-hybridized carbons (Fsp3) is 0.526. The highest BCUT2D eigenvalue weighted by Gasteiger charge is 2.46. The largest absolute Gasteiger partial charge is 0.461 e. The topological polar surface area (TPSA) is 98.7 Å². The van der Waals surface area contributed by atoms with Gasteiger partial charge in [-0.15, -0.1) is 0 Å². The van der Waals surface area contributed by atoms with E-state index in [0.29, 0.717) is 58.1 Å². The summed E-state index contributed by atoms with van der Waals surface area (Å²) in [6.07, 6.45) is 8.77. The third-order valence-corrected chi connectivity index (χ3v) is 11.3. The van der Waals surface area contributed by atoms with Crippen molar-refractivity contribution in [3.8, 4) is 6.01 Å². The van der Waals surface area contributed by atoms with E-state index in [4.69, 9.17) is 19.7 Å². The number of aryl methyl sites for hydroxylation is 1. The first kappa shape index (κ1) is 32.3. The Bertz CT molecular complexity index is 1960. The lowest BCUT2D eigenvalue weighted by Crippen LogP contribution is -2.61. The summed E-state index contributed by atoms with van der Waals surface area (Å²) in [6.45, 7) is 11.8. The summed E-state index contributed by atoms with van der Waals surface area (Å²) < 4.78 is 39.6. The maximum absolute atomic E-state index is 17.8. The summed E-state index contributed by atoms with van der Waals surface area (Å²) in [5, 5.41) is 4.63. The number of aromatic amines is 1. The van der Waals surface area contributed by atoms with Gasteiger partial charge < -0.3 is 19.9 Å². The number of anilines is 1. The van der Waals surface area contributed by atoms with Gasteiger partial charge in [0.15, 0.2) is 5.83 Å². The van der Waals surface area contributed by atoms with Gasteiger partial charge in [-0.2, -0.15) is 9.97 Å². The van der Waals surface area contributed by atoms with Gasteiger partial charge in [0.25, 0.3) is 0 Å². The normalized spacial score (nSPS) is 24.9. The molecule has 11 heteroatoms. The molecule has 7 heterocycles. The van der Waals surface area contributed by atoms with E-state index < -0.39 is 17.2 Å². The van der Waals surface area contributed by atoms with Crippen LogP contribution < -0.4 is 20.5 Å². The van der Waals surface area contributed by atoms with Gasteiger partial charge >= 0.3 is 6.01 Å². The van der Waals surface area contributed by atoms with Gasteiger partial charge in [-0.3, -0.25) is 14.7 Å². The molecule has 5 saturated heterocycles. The summed E-state index contributed by atoms with van der Waals surface area (Å²) in [7, 11) is 0. The fourth-order valence-corrected chi connectivity index (χ4v) is 9.07. The van der Waals surface area contributed by atoms with Gasteiger partial charge in [0, 0.05) is 48.2 Å². The number of halogens is 2. The summed E-state index contributed by atoms with van der Waals surface area (Å²) in [6, 6.07) is 4.82. The lowest BCUT2D eigenvalue weighted by Gasteiger charge is -2.47. The van der Waals surface area contributed by atoms with Gasteiger partial charge in [0.05, 0.1) is 28.1 Å². The Labute approximate surface area is 285 Å². The second kappa shape index (κ2) is 12.4. The van der Waals surface area contributed by atoms with Gasteiger partial charge in [-0.05, 0) is 95.8 Å². The van der Waals surface area contributed by atoms with Crippen molar-refractivity contribution in [3.63, 3.8) is 0 Å². The van der Waals surface area contributed by atoms with Crippen molar-refractivity contribution in [1.82, 2.24) is 25.2 Å². The van der Waals surface area contributed by atoms with Crippen molar-refractivity contribution >= 4 is 39.3 Å². The Balaban J connectivity index is 1.38. The fourth-order valence-electron chi connectivity index (χ4n) is 9.07. The monoisotopic (exact) mass is 669 g/mol. The number of rotatable bonds is 7. The molecular formula is C38H45F2N7O2. The average Bonchev–Trinajstić information content (AvgIpc) is 3.68. The molecule has 258 valence electrons. The first-order chi connectivity index (χ1) is 23.7. The number of H-pyrrole nitrogens is 1. The van der Waals surface area contributed by atoms with Crippen LogP contribution in [0.5, 0.6) is 6.01 Å². The zero-order valence-corrected chi connectivity index (χ0v) is 28.8. The molecule has 5 fully saturated rings. The molecule has 6 aliphatic rings. The zero-order valence-electron chi connectivity index (χ0n) is 28.8. The summed E-state index contributed by atoms with van der Waals surface area (Å²) in [4.78, 5) is 35.8. The Hall–Kier alpha value is -3.96. The van der Waals surface area contributed by atoms with Crippen molar-refractivity contribution < 1.29 is 13.5 Å². The van der Waals surface area contributed by atoms with E-state index in [1.54, 1.807) is 6.07 Å². The predicted molar refractivity (Wildman–Crippen MR) is 191 cm³/mol. The molecule has 2 atom stereocenters. The van der Waals surface area contributed by atoms with E-state index in [9.17, 15) is 4.79 Å². The number of aliphatic imine (C=N–C) groups is 1. The summed E-state index contributed by atoms with van der Waals surface area (Å²) >= 11 is 0. The minimum Gasteiger partial charge on any atom is -0.461 e. The van der Waals surface area contributed by atoms with E-state index in [1.807, 2.05) is 33.8 Å². The molecule has 2 unspecified atom stereocenters. The number of benzene rings is 1. The quantitative estimate of drug-likeness (QED) is 0.315. The second-order valence-corrected chi connectivity index (χ2v) is 14.6. The number of nitrogens with one attached hydrogen (secondary N) is 2. The second-order valence-electron chi connectivity index (χ2n) is 14.6. The molecule has 1 aromatic carbocycles. The standard InChI is InChI=1S/C38H45F2N7O2/c1-5-25-27(39)12-9-22-17-28(48)43-34(29(22)25)31-32(40)35-30(26(6-2)33(31)42-21(3)4)36(47-19-23-10-11-24(47)18-41-23)45-37(44-35)49-20-38-13-7-15-46(38)16-8-14-38/h6,9,12,17,21,23-24,41H,5,7-8,10-11,13-16,18-20H2,1-4H3,(H,43,48)/b26-6-,42-33?. The first-order valence-electron chi connectivity index (χ1n) is 18.0. The van der Waals surface area contributed by atoms with Crippen molar-refractivity contribution in [2.75, 3.05) is 37.7 Å². The van der Waals surface area contributed by atoms with Crippen LogP contribution in [0.2, 0.25) is 0 Å². The molecule has 0 saturated carbocycles. The van der Waals surface area contributed by atoms with Crippen LogP contribution in [0.3, 0.4) is 0 Å². The maximum atomic E-state index is 17.8. The van der Waals surface area contributed by atoms with Crippen LogP contribution in [0, 0.1) is 5.82 Å². The maximum Gasteiger partial charge on any atom is 0.319 e. The molecule has 49 heavy (non-hydrogen) atoms. The van der Waals surface area contributed by atoms with Gasteiger partial charge in [-0.1, -0.05) is 19.1 Å². The van der Waals surface area contributed by atoms with Crippen molar-refractivity contribution in [3.05, 3.63) is 63.0 Å². The molecule has 1 aliphatic carbocycles. The van der Waals surface area contributed by atoms with Crippen LogP contribution in [0.4, 0.5) is 14.6 Å². The Kier molecular flexibility index (Phi) is 8.18. The first-order valence-corrected chi connectivity index (χ1v) is 18.0. The average molecular weight is 670 g/mol. The number of allylic oxidation sites excluding steroid dienone is 3. The smallest absolute Gasteiger partial charge is 0.319 e. The Morgan fingerprint density at radius 1 is 1.16 bits per heavy atom. The molecule has 0 spiro atoms. The number of hydrogen-bond acceptors (Lipinski definition) is 8. The molecular weight excluding hydrogens is 624 g/mol. The number of aromatic nitrogens is 3. The third-order valence-electron chi connectivity index (χ3n) is 11.3. The lowest BCUT2D eigenvalue weighted by atomic mass is 9.83. The van der Waals surface area contributed by atoms with Gasteiger partial charge in [-0.25, -0.2) is 8.78 Å². The van der Waals surface area contributed by atoms with Crippen LogP contribution >= 0.6 is 0 Å². The zero-order chi connectivity index (χ0) is 34.0. The molecule has 5 aliphatic heterocycles. The van der Waals surface area contributed by atoms with E-state index in [-0.39, 0.29) is 40.6 Å². The van der Waals surface area contributed by atoms with Crippen LogP contribution in [-0.4, -0.2) is 82.0 Å². The molecule has 2 bridgehead atoms. The molecule has 2 aromatic heterocycles. The summed E-state index contributed by atoms with van der Waals surface area (Å²) in [5.41, 5.74) is 2.02. The molecule has 9 nitrogen and oxygen atoms in total. The molecule has 0 radical (unpaired) electrons. The predicted octanol–water partition coefficient (Wildman–Crippen LogP) is 6.07. The van der Waals surface area contributed by atoms with E-state index >= 15 is 8.78 Å².